The highest BCUT2D eigenvalue weighted by molar-refractivity contribution is 9.10. The van der Waals surface area contributed by atoms with Crippen molar-refractivity contribution < 1.29 is 19.1 Å². The quantitative estimate of drug-likeness (QED) is 0.779. The van der Waals surface area contributed by atoms with Crippen LogP contribution in [0.4, 0.5) is 0 Å². The minimum absolute atomic E-state index is 0.195. The second-order valence-electron chi connectivity index (χ2n) is 3.45. The molecule has 0 aliphatic rings. The van der Waals surface area contributed by atoms with Crippen LogP contribution in [0.1, 0.15) is 29.3 Å². The lowest BCUT2D eigenvalue weighted by atomic mass is 10.1. The van der Waals surface area contributed by atoms with E-state index >= 15 is 0 Å². The summed E-state index contributed by atoms with van der Waals surface area (Å²) in [5.74, 6) is -0.753. The Bertz CT molecular complexity index is 448. The maximum atomic E-state index is 11.8. The van der Waals surface area contributed by atoms with Gasteiger partial charge in [-0.1, -0.05) is 0 Å². The van der Waals surface area contributed by atoms with E-state index in [1.807, 2.05) is 0 Å². The standard InChI is InChI=1S/C12H14BrNO4/c1-3-18-12(16)11-8(4-5-10(15)17-2)6-14-7-9(11)13/h6-7H,3-5H2,1-2H3. The van der Waals surface area contributed by atoms with Crippen molar-refractivity contribution in [3.05, 3.63) is 28.0 Å². The van der Waals surface area contributed by atoms with Crippen LogP contribution in [0, 0.1) is 0 Å². The largest absolute Gasteiger partial charge is 0.469 e. The molecule has 0 atom stereocenters. The summed E-state index contributed by atoms with van der Waals surface area (Å²) in [5, 5.41) is 0. The van der Waals surface area contributed by atoms with Crippen LogP contribution in [0.2, 0.25) is 0 Å². The molecule has 0 spiro atoms. The number of carbonyl (C=O) groups excluding carboxylic acids is 2. The summed E-state index contributed by atoms with van der Waals surface area (Å²) in [6.45, 7) is 2.03. The Labute approximate surface area is 114 Å². The van der Waals surface area contributed by atoms with Gasteiger partial charge in [-0.25, -0.2) is 4.79 Å². The zero-order chi connectivity index (χ0) is 13.5. The molecule has 0 aliphatic heterocycles. The van der Waals surface area contributed by atoms with Crippen LogP contribution in [0.5, 0.6) is 0 Å². The van der Waals surface area contributed by atoms with E-state index < -0.39 is 5.97 Å². The average molecular weight is 316 g/mol. The predicted octanol–water partition coefficient (Wildman–Crippen LogP) is 2.13. The molecule has 6 heteroatoms. The fraction of sp³-hybridized carbons (Fsp3) is 0.417. The minimum Gasteiger partial charge on any atom is -0.469 e. The van der Waals surface area contributed by atoms with Crippen LogP contribution in [0.15, 0.2) is 16.9 Å². The molecule has 0 aliphatic carbocycles. The van der Waals surface area contributed by atoms with Gasteiger partial charge < -0.3 is 9.47 Å². The molecule has 0 saturated heterocycles. The molecule has 98 valence electrons. The molecule has 0 saturated carbocycles. The SMILES string of the molecule is CCOC(=O)c1c(Br)cncc1CCC(=O)OC. The molecular weight excluding hydrogens is 302 g/mol. The van der Waals surface area contributed by atoms with E-state index in [0.717, 1.165) is 0 Å². The number of ether oxygens (including phenoxy) is 2. The van der Waals surface area contributed by atoms with Crippen LogP contribution in [-0.4, -0.2) is 30.6 Å². The number of hydrogen-bond acceptors (Lipinski definition) is 5. The highest BCUT2D eigenvalue weighted by atomic mass is 79.9. The number of methoxy groups -OCH3 is 1. The number of hydrogen-bond donors (Lipinski definition) is 0. The number of aromatic nitrogens is 1. The summed E-state index contributed by atoms with van der Waals surface area (Å²) < 4.78 is 10.1. The Morgan fingerprint density at radius 1 is 1.39 bits per heavy atom. The van der Waals surface area contributed by atoms with E-state index in [1.165, 1.54) is 13.3 Å². The molecule has 0 bridgehead atoms. The van der Waals surface area contributed by atoms with Gasteiger partial charge in [0.1, 0.15) is 0 Å². The predicted molar refractivity (Wildman–Crippen MR) is 68.2 cm³/mol. The van der Waals surface area contributed by atoms with Crippen LogP contribution < -0.4 is 0 Å². The van der Waals surface area contributed by atoms with Crippen LogP contribution >= 0.6 is 15.9 Å². The van der Waals surface area contributed by atoms with E-state index in [2.05, 4.69) is 25.7 Å². The summed E-state index contributed by atoms with van der Waals surface area (Å²) in [7, 11) is 1.33. The molecule has 0 fully saturated rings. The first-order chi connectivity index (χ1) is 8.60. The normalized spacial score (nSPS) is 9.94. The number of halogens is 1. The highest BCUT2D eigenvalue weighted by Crippen LogP contribution is 2.21. The lowest BCUT2D eigenvalue weighted by Crippen LogP contribution is -2.11. The molecule has 18 heavy (non-hydrogen) atoms. The van der Waals surface area contributed by atoms with Crippen molar-refractivity contribution in [1.82, 2.24) is 4.98 Å². The van der Waals surface area contributed by atoms with Gasteiger partial charge in [0.2, 0.25) is 0 Å². The van der Waals surface area contributed by atoms with Gasteiger partial charge in [0.05, 0.1) is 23.8 Å². The maximum Gasteiger partial charge on any atom is 0.339 e. The Hall–Kier alpha value is -1.43. The summed E-state index contributed by atoms with van der Waals surface area (Å²) in [4.78, 5) is 26.9. The lowest BCUT2D eigenvalue weighted by Gasteiger charge is -2.09. The average Bonchev–Trinajstić information content (AvgIpc) is 2.36. The number of rotatable bonds is 5. The molecule has 1 heterocycles. The monoisotopic (exact) mass is 315 g/mol. The van der Waals surface area contributed by atoms with Crippen molar-refractivity contribution in [2.45, 2.75) is 19.8 Å². The summed E-state index contributed by atoms with van der Waals surface area (Å²) in [6, 6.07) is 0. The Morgan fingerprint density at radius 2 is 2.11 bits per heavy atom. The number of pyridine rings is 1. The van der Waals surface area contributed by atoms with E-state index in [9.17, 15) is 9.59 Å². The second-order valence-corrected chi connectivity index (χ2v) is 4.31. The Kier molecular flexibility index (Phi) is 5.77. The molecule has 5 nitrogen and oxygen atoms in total. The van der Waals surface area contributed by atoms with Crippen molar-refractivity contribution in [2.24, 2.45) is 0 Å². The third-order valence-corrected chi connectivity index (χ3v) is 2.89. The fourth-order valence-electron chi connectivity index (χ4n) is 1.44. The lowest BCUT2D eigenvalue weighted by molar-refractivity contribution is -0.140. The summed E-state index contributed by atoms with van der Waals surface area (Å²) in [6.07, 6.45) is 3.65. The minimum atomic E-state index is -0.424. The zero-order valence-corrected chi connectivity index (χ0v) is 11.8. The maximum absolute atomic E-state index is 11.8. The third kappa shape index (κ3) is 3.80. The molecule has 0 aromatic carbocycles. The van der Waals surface area contributed by atoms with E-state index in [1.54, 1.807) is 13.1 Å². The van der Waals surface area contributed by atoms with Gasteiger partial charge in [0.25, 0.3) is 0 Å². The third-order valence-electron chi connectivity index (χ3n) is 2.28. The van der Waals surface area contributed by atoms with Crippen LogP contribution in [0.25, 0.3) is 0 Å². The van der Waals surface area contributed by atoms with Crippen molar-refractivity contribution in [3.63, 3.8) is 0 Å². The molecule has 1 aromatic rings. The first-order valence-electron chi connectivity index (χ1n) is 5.46. The topological polar surface area (TPSA) is 65.5 Å². The molecule has 0 unspecified atom stereocenters. The number of nitrogens with zero attached hydrogens (tertiary/aromatic N) is 1. The Balaban J connectivity index is 2.93. The van der Waals surface area contributed by atoms with Crippen molar-refractivity contribution in [3.8, 4) is 0 Å². The molecule has 1 rings (SSSR count). The smallest absolute Gasteiger partial charge is 0.339 e. The summed E-state index contributed by atoms with van der Waals surface area (Å²) >= 11 is 3.26. The van der Waals surface area contributed by atoms with Crippen molar-refractivity contribution in [1.29, 1.82) is 0 Å². The van der Waals surface area contributed by atoms with Crippen molar-refractivity contribution in [2.75, 3.05) is 13.7 Å². The molecule has 1 aromatic heterocycles. The molecule has 0 radical (unpaired) electrons. The zero-order valence-electron chi connectivity index (χ0n) is 10.2. The van der Waals surface area contributed by atoms with E-state index in [0.29, 0.717) is 28.6 Å². The first-order valence-corrected chi connectivity index (χ1v) is 6.25. The van der Waals surface area contributed by atoms with Gasteiger partial charge in [-0.2, -0.15) is 0 Å². The molecular formula is C12H14BrNO4. The molecule has 0 amide bonds. The van der Waals surface area contributed by atoms with Gasteiger partial charge >= 0.3 is 11.9 Å². The van der Waals surface area contributed by atoms with E-state index in [-0.39, 0.29) is 12.4 Å². The van der Waals surface area contributed by atoms with Gasteiger partial charge in [0, 0.05) is 18.8 Å². The second kappa shape index (κ2) is 7.10. The number of esters is 2. The highest BCUT2D eigenvalue weighted by Gasteiger charge is 2.17. The van der Waals surface area contributed by atoms with Crippen molar-refractivity contribution >= 4 is 27.9 Å². The van der Waals surface area contributed by atoms with Gasteiger partial charge in [0.15, 0.2) is 0 Å². The fourth-order valence-corrected chi connectivity index (χ4v) is 1.97. The van der Waals surface area contributed by atoms with Crippen LogP contribution in [0.3, 0.4) is 0 Å². The number of carbonyl (C=O) groups is 2. The number of aryl methyl sites for hydroxylation is 1. The Morgan fingerprint density at radius 3 is 2.72 bits per heavy atom. The first kappa shape index (κ1) is 14.6. The molecule has 0 N–H and O–H groups in total. The van der Waals surface area contributed by atoms with E-state index in [4.69, 9.17) is 4.74 Å². The van der Waals surface area contributed by atoms with Gasteiger partial charge in [-0.3, -0.25) is 9.78 Å². The van der Waals surface area contributed by atoms with Gasteiger partial charge in [-0.15, -0.1) is 0 Å². The van der Waals surface area contributed by atoms with Crippen LogP contribution in [-0.2, 0) is 20.7 Å². The summed E-state index contributed by atoms with van der Waals surface area (Å²) in [5.41, 5.74) is 1.07. The van der Waals surface area contributed by atoms with Gasteiger partial charge in [-0.05, 0) is 34.8 Å².